The molecule has 0 aromatic heterocycles. The van der Waals surface area contributed by atoms with Crippen LogP contribution in [0, 0.1) is 6.92 Å². The molecule has 140 valence electrons. The molecule has 3 rings (SSSR count). The van der Waals surface area contributed by atoms with Gasteiger partial charge in [-0.15, -0.1) is 0 Å². The summed E-state index contributed by atoms with van der Waals surface area (Å²) in [6.07, 6.45) is 0. The van der Waals surface area contributed by atoms with Gasteiger partial charge in [0.2, 0.25) is 0 Å². The lowest BCUT2D eigenvalue weighted by atomic mass is 10.1. The minimum atomic E-state index is 0.427. The van der Waals surface area contributed by atoms with Gasteiger partial charge in [-0.3, -0.25) is 0 Å². The van der Waals surface area contributed by atoms with E-state index in [4.69, 9.17) is 32.7 Å². The Morgan fingerprint density at radius 1 is 0.889 bits per heavy atom. The van der Waals surface area contributed by atoms with Crippen LogP contribution in [0.15, 0.2) is 60.7 Å². The Balaban J connectivity index is 1.74. The standard InChI is InChI=1S/C22H21Cl2NO2/c1-15-18(23)9-6-10-20(15)25-13-17-11-19(24)22(21(12-17)26-2)27-14-16-7-4-3-5-8-16/h3-12,25H,13-14H2,1-2H3. The van der Waals surface area contributed by atoms with Crippen LogP contribution in [0.3, 0.4) is 0 Å². The summed E-state index contributed by atoms with van der Waals surface area (Å²) in [5, 5.41) is 4.64. The van der Waals surface area contributed by atoms with Crippen molar-refractivity contribution in [3.05, 3.63) is 87.4 Å². The molecule has 3 aromatic rings. The second-order valence-corrected chi connectivity index (χ2v) is 6.96. The van der Waals surface area contributed by atoms with Crippen LogP contribution in [0.2, 0.25) is 10.0 Å². The molecule has 0 spiro atoms. The SMILES string of the molecule is COc1cc(CNc2cccc(Cl)c2C)cc(Cl)c1OCc1ccccc1. The topological polar surface area (TPSA) is 30.5 Å². The van der Waals surface area contributed by atoms with E-state index in [0.29, 0.717) is 29.7 Å². The Morgan fingerprint density at radius 3 is 2.41 bits per heavy atom. The van der Waals surface area contributed by atoms with Crippen LogP contribution in [-0.4, -0.2) is 7.11 Å². The van der Waals surface area contributed by atoms with Gasteiger partial charge in [-0.05, 0) is 47.9 Å². The highest BCUT2D eigenvalue weighted by Gasteiger charge is 2.13. The molecular weight excluding hydrogens is 381 g/mol. The molecule has 0 saturated carbocycles. The van der Waals surface area contributed by atoms with Crippen molar-refractivity contribution in [3.8, 4) is 11.5 Å². The summed E-state index contributed by atoms with van der Waals surface area (Å²) in [7, 11) is 1.61. The second kappa shape index (κ2) is 9.03. The van der Waals surface area contributed by atoms with Crippen molar-refractivity contribution in [1.29, 1.82) is 0 Å². The number of ether oxygens (including phenoxy) is 2. The molecule has 1 N–H and O–H groups in total. The molecule has 5 heteroatoms. The number of hydrogen-bond donors (Lipinski definition) is 1. The maximum atomic E-state index is 6.46. The molecule has 0 radical (unpaired) electrons. The van der Waals surface area contributed by atoms with Crippen LogP contribution in [0.5, 0.6) is 11.5 Å². The maximum Gasteiger partial charge on any atom is 0.180 e. The fourth-order valence-electron chi connectivity index (χ4n) is 2.74. The first-order chi connectivity index (χ1) is 13.1. The molecule has 0 amide bonds. The fraction of sp³-hybridized carbons (Fsp3) is 0.182. The van der Waals surface area contributed by atoms with Crippen molar-refractivity contribution in [3.63, 3.8) is 0 Å². The number of nitrogens with one attached hydrogen (secondary N) is 1. The zero-order chi connectivity index (χ0) is 19.2. The van der Waals surface area contributed by atoms with E-state index in [-0.39, 0.29) is 0 Å². The number of halogens is 2. The van der Waals surface area contributed by atoms with Crippen LogP contribution in [0.25, 0.3) is 0 Å². The monoisotopic (exact) mass is 401 g/mol. The van der Waals surface area contributed by atoms with Gasteiger partial charge in [0.25, 0.3) is 0 Å². The van der Waals surface area contributed by atoms with E-state index in [0.717, 1.165) is 27.4 Å². The lowest BCUT2D eigenvalue weighted by Crippen LogP contribution is -2.03. The molecule has 3 aromatic carbocycles. The van der Waals surface area contributed by atoms with Crippen LogP contribution >= 0.6 is 23.2 Å². The van der Waals surface area contributed by atoms with Gasteiger partial charge in [0.15, 0.2) is 11.5 Å². The first kappa shape index (κ1) is 19.4. The van der Waals surface area contributed by atoms with E-state index >= 15 is 0 Å². The molecule has 0 saturated heterocycles. The number of rotatable bonds is 7. The summed E-state index contributed by atoms with van der Waals surface area (Å²) in [4.78, 5) is 0. The van der Waals surface area contributed by atoms with E-state index in [2.05, 4.69) is 5.32 Å². The van der Waals surface area contributed by atoms with E-state index in [9.17, 15) is 0 Å². The summed E-state index contributed by atoms with van der Waals surface area (Å²) < 4.78 is 11.4. The van der Waals surface area contributed by atoms with Gasteiger partial charge < -0.3 is 14.8 Å². The Bertz CT molecular complexity index is 914. The minimum Gasteiger partial charge on any atom is -0.493 e. The van der Waals surface area contributed by atoms with Crippen LogP contribution in [0.1, 0.15) is 16.7 Å². The van der Waals surface area contributed by atoms with Crippen LogP contribution in [0.4, 0.5) is 5.69 Å². The molecule has 0 bridgehead atoms. The summed E-state index contributed by atoms with van der Waals surface area (Å²) in [5.74, 6) is 1.16. The molecule has 3 nitrogen and oxygen atoms in total. The number of methoxy groups -OCH3 is 1. The Kier molecular flexibility index (Phi) is 6.49. The molecule has 0 aliphatic carbocycles. The highest BCUT2D eigenvalue weighted by atomic mass is 35.5. The van der Waals surface area contributed by atoms with Crippen LogP contribution in [-0.2, 0) is 13.2 Å². The predicted molar refractivity (Wildman–Crippen MR) is 112 cm³/mol. The van der Waals surface area contributed by atoms with Gasteiger partial charge in [-0.1, -0.05) is 59.6 Å². The zero-order valence-electron chi connectivity index (χ0n) is 15.3. The molecule has 0 aliphatic rings. The average Bonchev–Trinajstić information content (AvgIpc) is 2.68. The van der Waals surface area contributed by atoms with Crippen LogP contribution < -0.4 is 14.8 Å². The fourth-order valence-corrected chi connectivity index (χ4v) is 3.20. The third-order valence-corrected chi connectivity index (χ3v) is 4.96. The normalized spacial score (nSPS) is 10.5. The largest absolute Gasteiger partial charge is 0.493 e. The van der Waals surface area contributed by atoms with Gasteiger partial charge in [0.1, 0.15) is 6.61 Å². The summed E-state index contributed by atoms with van der Waals surface area (Å²) in [6.45, 7) is 3.01. The highest BCUT2D eigenvalue weighted by Crippen LogP contribution is 2.37. The molecule has 0 heterocycles. The minimum absolute atomic E-state index is 0.427. The zero-order valence-corrected chi connectivity index (χ0v) is 16.8. The molecular formula is C22H21Cl2NO2. The number of anilines is 1. The Morgan fingerprint density at radius 2 is 1.67 bits per heavy atom. The highest BCUT2D eigenvalue weighted by molar-refractivity contribution is 6.32. The van der Waals surface area contributed by atoms with Gasteiger partial charge in [0.05, 0.1) is 12.1 Å². The lowest BCUT2D eigenvalue weighted by molar-refractivity contribution is 0.284. The van der Waals surface area contributed by atoms with Gasteiger partial charge in [-0.25, -0.2) is 0 Å². The van der Waals surface area contributed by atoms with Crippen molar-refractivity contribution < 1.29 is 9.47 Å². The van der Waals surface area contributed by atoms with E-state index in [1.54, 1.807) is 7.11 Å². The first-order valence-corrected chi connectivity index (χ1v) is 9.36. The van der Waals surface area contributed by atoms with Crippen molar-refractivity contribution in [2.75, 3.05) is 12.4 Å². The lowest BCUT2D eigenvalue weighted by Gasteiger charge is -2.16. The van der Waals surface area contributed by atoms with Crippen molar-refractivity contribution in [2.45, 2.75) is 20.1 Å². The van der Waals surface area contributed by atoms with E-state index in [1.165, 1.54) is 0 Å². The maximum absolute atomic E-state index is 6.46. The Labute approximate surface area is 169 Å². The first-order valence-electron chi connectivity index (χ1n) is 8.60. The van der Waals surface area contributed by atoms with E-state index < -0.39 is 0 Å². The molecule has 0 aliphatic heterocycles. The summed E-state index contributed by atoms with van der Waals surface area (Å²) >= 11 is 12.6. The van der Waals surface area contributed by atoms with Crippen molar-refractivity contribution in [2.24, 2.45) is 0 Å². The van der Waals surface area contributed by atoms with Gasteiger partial charge >= 0.3 is 0 Å². The molecule has 0 atom stereocenters. The molecule has 0 fully saturated rings. The summed E-state index contributed by atoms with van der Waals surface area (Å²) in [6, 6.07) is 19.5. The second-order valence-electron chi connectivity index (χ2n) is 6.15. The average molecular weight is 402 g/mol. The molecule has 27 heavy (non-hydrogen) atoms. The van der Waals surface area contributed by atoms with Gasteiger partial charge in [-0.2, -0.15) is 0 Å². The molecule has 0 unspecified atom stereocenters. The van der Waals surface area contributed by atoms with E-state index in [1.807, 2.05) is 67.6 Å². The quantitative estimate of drug-likeness (QED) is 0.489. The van der Waals surface area contributed by atoms with Crippen molar-refractivity contribution >= 4 is 28.9 Å². The third-order valence-electron chi connectivity index (χ3n) is 4.27. The predicted octanol–water partition coefficient (Wildman–Crippen LogP) is 6.50. The van der Waals surface area contributed by atoms with Crippen molar-refractivity contribution in [1.82, 2.24) is 0 Å². The smallest absolute Gasteiger partial charge is 0.180 e. The van der Waals surface area contributed by atoms with Gasteiger partial charge in [0, 0.05) is 17.3 Å². The Hall–Kier alpha value is -2.36. The summed E-state index contributed by atoms with van der Waals surface area (Å²) in [5.41, 5.74) is 4.06. The number of benzene rings is 3. The number of hydrogen-bond acceptors (Lipinski definition) is 3. The third kappa shape index (κ3) is 4.88.